The van der Waals surface area contributed by atoms with Gasteiger partial charge >= 0.3 is 0 Å². The van der Waals surface area contributed by atoms with Crippen molar-refractivity contribution in [2.45, 2.75) is 45.1 Å². The summed E-state index contributed by atoms with van der Waals surface area (Å²) in [5, 5.41) is 2.86. The van der Waals surface area contributed by atoms with E-state index in [-0.39, 0.29) is 22.4 Å². The van der Waals surface area contributed by atoms with Gasteiger partial charge < -0.3 is 5.32 Å². The van der Waals surface area contributed by atoms with Crippen molar-refractivity contribution in [1.29, 1.82) is 0 Å². The van der Waals surface area contributed by atoms with Crippen molar-refractivity contribution in [2.24, 2.45) is 5.92 Å². The molecule has 0 fully saturated rings. The zero-order valence-electron chi connectivity index (χ0n) is 12.4. The quantitative estimate of drug-likeness (QED) is 0.769. The fourth-order valence-corrected chi connectivity index (χ4v) is 4.27. The Morgan fingerprint density at radius 3 is 2.38 bits per heavy atom. The second kappa shape index (κ2) is 7.11. The van der Waals surface area contributed by atoms with Crippen LogP contribution in [0.4, 0.5) is 0 Å². The minimum Gasteiger partial charge on any atom is -0.350 e. The van der Waals surface area contributed by atoms with E-state index in [4.69, 9.17) is 10.7 Å². The van der Waals surface area contributed by atoms with Crippen LogP contribution in [0.25, 0.3) is 0 Å². The average molecular weight is 397 g/mol. The van der Waals surface area contributed by atoms with Crippen LogP contribution in [0, 0.1) is 12.8 Å². The van der Waals surface area contributed by atoms with E-state index in [1.54, 1.807) is 13.0 Å². The van der Waals surface area contributed by atoms with Crippen molar-refractivity contribution in [3.8, 4) is 0 Å². The van der Waals surface area contributed by atoms with Crippen LogP contribution in [0.1, 0.15) is 43.1 Å². The summed E-state index contributed by atoms with van der Waals surface area (Å²) in [6, 6.07) is 2.93. The lowest BCUT2D eigenvalue weighted by Gasteiger charge is -2.16. The molecule has 1 rings (SSSR count). The molecule has 1 aromatic carbocycles. The molecule has 0 aliphatic carbocycles. The lowest BCUT2D eigenvalue weighted by atomic mass is 10.0. The molecular formula is C14H19BrClNO3S. The summed E-state index contributed by atoms with van der Waals surface area (Å²) in [6.45, 7) is 7.78. The number of aryl methyl sites for hydroxylation is 1. The zero-order valence-corrected chi connectivity index (χ0v) is 15.6. The molecule has 0 heterocycles. The van der Waals surface area contributed by atoms with Gasteiger partial charge in [-0.05, 0) is 59.8 Å². The summed E-state index contributed by atoms with van der Waals surface area (Å²) in [4.78, 5) is 12.1. The molecule has 0 radical (unpaired) electrons. The van der Waals surface area contributed by atoms with Crippen LogP contribution < -0.4 is 5.32 Å². The standard InChI is InChI=1S/C14H19BrClNO3S/c1-8(2)5-10(4)17-14(18)11-6-9(3)13(15)12(7-11)21(16,19)20/h6-8,10H,5H2,1-4H3,(H,17,18). The topological polar surface area (TPSA) is 63.2 Å². The largest absolute Gasteiger partial charge is 0.350 e. The first-order valence-electron chi connectivity index (χ1n) is 6.58. The summed E-state index contributed by atoms with van der Waals surface area (Å²) >= 11 is 3.19. The molecule has 0 bridgehead atoms. The van der Waals surface area contributed by atoms with E-state index in [0.717, 1.165) is 6.42 Å². The summed E-state index contributed by atoms with van der Waals surface area (Å²) < 4.78 is 23.5. The number of hydrogen-bond donors (Lipinski definition) is 1. The third kappa shape index (κ3) is 5.27. The average Bonchev–Trinajstić information content (AvgIpc) is 2.29. The van der Waals surface area contributed by atoms with Crippen LogP contribution in [0.2, 0.25) is 0 Å². The fraction of sp³-hybridized carbons (Fsp3) is 0.500. The first-order chi connectivity index (χ1) is 9.52. The highest BCUT2D eigenvalue weighted by Crippen LogP contribution is 2.29. The molecule has 0 saturated heterocycles. The first-order valence-corrected chi connectivity index (χ1v) is 9.68. The molecule has 1 aromatic rings. The molecule has 7 heteroatoms. The van der Waals surface area contributed by atoms with Crippen LogP contribution in [0.5, 0.6) is 0 Å². The maximum Gasteiger partial charge on any atom is 0.262 e. The van der Waals surface area contributed by atoms with Gasteiger partial charge in [0.1, 0.15) is 0 Å². The van der Waals surface area contributed by atoms with E-state index in [1.165, 1.54) is 6.07 Å². The van der Waals surface area contributed by atoms with E-state index in [1.807, 2.05) is 6.92 Å². The Kier molecular flexibility index (Phi) is 6.25. The number of benzene rings is 1. The Labute approximate surface area is 138 Å². The number of hydrogen-bond acceptors (Lipinski definition) is 3. The molecule has 118 valence electrons. The Bertz CT molecular complexity index is 644. The number of nitrogens with one attached hydrogen (secondary N) is 1. The predicted molar refractivity (Wildman–Crippen MR) is 88.3 cm³/mol. The highest BCUT2D eigenvalue weighted by atomic mass is 79.9. The molecule has 1 atom stereocenters. The molecule has 0 saturated carbocycles. The third-order valence-electron chi connectivity index (χ3n) is 2.95. The molecule has 0 spiro atoms. The van der Waals surface area contributed by atoms with E-state index in [2.05, 4.69) is 35.1 Å². The smallest absolute Gasteiger partial charge is 0.262 e. The summed E-state index contributed by atoms with van der Waals surface area (Å²) in [5.41, 5.74) is 0.920. The SMILES string of the molecule is Cc1cc(C(=O)NC(C)CC(C)C)cc(S(=O)(=O)Cl)c1Br. The molecule has 0 aliphatic heterocycles. The normalized spacial score (nSPS) is 13.3. The number of carbonyl (C=O) groups is 1. The van der Waals surface area contributed by atoms with Crippen molar-refractivity contribution in [3.05, 3.63) is 27.7 Å². The fourth-order valence-electron chi connectivity index (χ4n) is 2.12. The first kappa shape index (κ1) is 18.5. The molecule has 1 unspecified atom stereocenters. The Morgan fingerprint density at radius 1 is 1.33 bits per heavy atom. The molecule has 0 aliphatic rings. The predicted octanol–water partition coefficient (Wildman–Crippen LogP) is 3.85. The van der Waals surface area contributed by atoms with Crippen molar-refractivity contribution in [2.75, 3.05) is 0 Å². The monoisotopic (exact) mass is 395 g/mol. The van der Waals surface area contributed by atoms with Crippen LogP contribution in [-0.4, -0.2) is 20.4 Å². The maximum absolute atomic E-state index is 12.2. The van der Waals surface area contributed by atoms with Gasteiger partial charge in [0.25, 0.3) is 15.0 Å². The van der Waals surface area contributed by atoms with E-state index in [9.17, 15) is 13.2 Å². The molecule has 1 N–H and O–H groups in total. The van der Waals surface area contributed by atoms with Crippen molar-refractivity contribution in [3.63, 3.8) is 0 Å². The summed E-state index contributed by atoms with van der Waals surface area (Å²) in [6.07, 6.45) is 0.849. The number of halogens is 2. The Hall–Kier alpha value is -0.590. The van der Waals surface area contributed by atoms with Gasteiger partial charge in [0.2, 0.25) is 0 Å². The van der Waals surface area contributed by atoms with Crippen LogP contribution in [0.3, 0.4) is 0 Å². The number of amides is 1. The van der Waals surface area contributed by atoms with Crippen LogP contribution in [-0.2, 0) is 9.05 Å². The van der Waals surface area contributed by atoms with Gasteiger partial charge in [-0.3, -0.25) is 4.79 Å². The molecule has 1 amide bonds. The van der Waals surface area contributed by atoms with E-state index >= 15 is 0 Å². The molecule has 4 nitrogen and oxygen atoms in total. The van der Waals surface area contributed by atoms with E-state index in [0.29, 0.717) is 16.0 Å². The van der Waals surface area contributed by atoms with Gasteiger partial charge in [0.15, 0.2) is 0 Å². The van der Waals surface area contributed by atoms with Gasteiger partial charge in [-0.1, -0.05) is 13.8 Å². The molecule has 0 aromatic heterocycles. The second-order valence-corrected chi connectivity index (χ2v) is 8.87. The lowest BCUT2D eigenvalue weighted by molar-refractivity contribution is 0.0936. The van der Waals surface area contributed by atoms with Crippen molar-refractivity contribution in [1.82, 2.24) is 5.32 Å². The van der Waals surface area contributed by atoms with Gasteiger partial charge in [0.05, 0.1) is 4.90 Å². The minimum absolute atomic E-state index is 0.0116. The van der Waals surface area contributed by atoms with Crippen LogP contribution >= 0.6 is 26.6 Å². The minimum atomic E-state index is -3.91. The molecule has 21 heavy (non-hydrogen) atoms. The number of carbonyl (C=O) groups excluding carboxylic acids is 1. The Morgan fingerprint density at radius 2 is 1.90 bits per heavy atom. The van der Waals surface area contributed by atoms with Gasteiger partial charge in [0, 0.05) is 26.8 Å². The Balaban J connectivity index is 3.09. The molecular weight excluding hydrogens is 378 g/mol. The second-order valence-electron chi connectivity index (χ2n) is 5.55. The van der Waals surface area contributed by atoms with Gasteiger partial charge in [-0.2, -0.15) is 0 Å². The van der Waals surface area contributed by atoms with Crippen molar-refractivity contribution >= 4 is 41.6 Å². The summed E-state index contributed by atoms with van der Waals surface area (Å²) in [7, 11) is 1.48. The van der Waals surface area contributed by atoms with Gasteiger partial charge in [-0.15, -0.1) is 0 Å². The zero-order chi connectivity index (χ0) is 16.4. The van der Waals surface area contributed by atoms with Gasteiger partial charge in [-0.25, -0.2) is 8.42 Å². The third-order valence-corrected chi connectivity index (χ3v) is 5.61. The van der Waals surface area contributed by atoms with Crippen molar-refractivity contribution < 1.29 is 13.2 Å². The van der Waals surface area contributed by atoms with Crippen LogP contribution in [0.15, 0.2) is 21.5 Å². The highest BCUT2D eigenvalue weighted by Gasteiger charge is 2.20. The maximum atomic E-state index is 12.2. The lowest BCUT2D eigenvalue weighted by Crippen LogP contribution is -2.33. The summed E-state index contributed by atoms with van der Waals surface area (Å²) in [5.74, 6) is 0.158. The number of rotatable bonds is 5. The van der Waals surface area contributed by atoms with E-state index < -0.39 is 9.05 Å². The highest BCUT2D eigenvalue weighted by molar-refractivity contribution is 9.10.